The highest BCUT2D eigenvalue weighted by Crippen LogP contribution is 2.38. The van der Waals surface area contributed by atoms with Gasteiger partial charge in [0.2, 0.25) is 0 Å². The van der Waals surface area contributed by atoms with Crippen molar-refractivity contribution in [2.75, 3.05) is 0 Å². The molecule has 6 heteroatoms. The summed E-state index contributed by atoms with van der Waals surface area (Å²) in [6.07, 6.45) is 8.84. The fraction of sp³-hybridized carbons (Fsp3) is 0.333. The molecule has 1 saturated carbocycles. The van der Waals surface area contributed by atoms with Crippen LogP contribution in [0, 0.1) is 29.2 Å². The van der Waals surface area contributed by atoms with Crippen LogP contribution in [0.5, 0.6) is 0 Å². The highest BCUT2D eigenvalue weighted by Gasteiger charge is 2.24. The summed E-state index contributed by atoms with van der Waals surface area (Å²) in [5, 5.41) is 0. The maximum Gasteiger partial charge on any atom is 0.194 e. The van der Waals surface area contributed by atoms with Crippen LogP contribution in [0.1, 0.15) is 74.5 Å². The minimum Gasteiger partial charge on any atom is -0.207 e. The van der Waals surface area contributed by atoms with E-state index < -0.39 is 29.1 Å². The molecule has 0 amide bonds. The van der Waals surface area contributed by atoms with Gasteiger partial charge in [-0.1, -0.05) is 55.8 Å². The van der Waals surface area contributed by atoms with Crippen molar-refractivity contribution < 1.29 is 26.3 Å². The van der Waals surface area contributed by atoms with Crippen molar-refractivity contribution in [2.24, 2.45) is 5.92 Å². The molecule has 0 unspecified atom stereocenters. The van der Waals surface area contributed by atoms with Crippen molar-refractivity contribution in [3.63, 3.8) is 0 Å². The van der Waals surface area contributed by atoms with Gasteiger partial charge in [0, 0.05) is 5.56 Å². The average molecular weight is 543 g/mol. The molecule has 0 aliphatic heterocycles. The van der Waals surface area contributed by atoms with Crippen LogP contribution in [0.3, 0.4) is 0 Å². The standard InChI is InChI=1S/C33H32F6/c1-2-3-4-5-28(34)32(38)25-15-12-22(13-16-25)26-17-14-24(29(35)18-26)11-8-21-6-9-23(10-7-21)27-19-30(36)33(39)31(37)20-27/h4-5,12-21,23H,2-3,6-11H2,1H3. The summed E-state index contributed by atoms with van der Waals surface area (Å²) in [6, 6.07) is 13.5. The lowest BCUT2D eigenvalue weighted by Gasteiger charge is -2.29. The van der Waals surface area contributed by atoms with Crippen LogP contribution >= 0.6 is 0 Å². The summed E-state index contributed by atoms with van der Waals surface area (Å²) in [7, 11) is 0. The van der Waals surface area contributed by atoms with Gasteiger partial charge in [-0.15, -0.1) is 0 Å². The molecular weight excluding hydrogens is 510 g/mol. The second-order valence-electron chi connectivity index (χ2n) is 10.3. The van der Waals surface area contributed by atoms with Crippen LogP contribution in [-0.2, 0) is 6.42 Å². The summed E-state index contributed by atoms with van der Waals surface area (Å²) < 4.78 is 83.7. The van der Waals surface area contributed by atoms with Gasteiger partial charge in [-0.25, -0.2) is 26.3 Å². The van der Waals surface area contributed by atoms with Gasteiger partial charge in [-0.2, -0.15) is 0 Å². The molecule has 0 N–H and O–H groups in total. The number of benzene rings is 3. The topological polar surface area (TPSA) is 0 Å². The lowest BCUT2D eigenvalue weighted by atomic mass is 9.77. The zero-order valence-corrected chi connectivity index (χ0v) is 21.9. The Bertz CT molecular complexity index is 1310. The van der Waals surface area contributed by atoms with Gasteiger partial charge >= 0.3 is 0 Å². The normalized spacial score (nSPS) is 18.4. The summed E-state index contributed by atoms with van der Waals surface area (Å²) in [5.74, 6) is -5.55. The number of hydrogen-bond acceptors (Lipinski definition) is 0. The summed E-state index contributed by atoms with van der Waals surface area (Å²) >= 11 is 0. The molecule has 0 radical (unpaired) electrons. The van der Waals surface area contributed by atoms with E-state index in [1.165, 1.54) is 18.2 Å². The van der Waals surface area contributed by atoms with Crippen molar-refractivity contribution in [1.82, 2.24) is 0 Å². The number of unbranched alkanes of at least 4 members (excludes halogenated alkanes) is 1. The number of halogens is 6. The Labute approximate surface area is 226 Å². The molecule has 0 aromatic heterocycles. The lowest BCUT2D eigenvalue weighted by molar-refractivity contribution is 0.308. The summed E-state index contributed by atoms with van der Waals surface area (Å²) in [4.78, 5) is 0. The minimum absolute atomic E-state index is 0.00811. The highest BCUT2D eigenvalue weighted by molar-refractivity contribution is 5.69. The Hall–Kier alpha value is -3.28. The number of allylic oxidation sites excluding steroid dienone is 3. The maximum absolute atomic E-state index is 14.9. The van der Waals surface area contributed by atoms with Gasteiger partial charge in [0.05, 0.1) is 0 Å². The van der Waals surface area contributed by atoms with E-state index in [-0.39, 0.29) is 17.3 Å². The smallest absolute Gasteiger partial charge is 0.194 e. The van der Waals surface area contributed by atoms with E-state index in [1.807, 2.05) is 13.0 Å². The monoisotopic (exact) mass is 542 g/mol. The molecule has 1 aliphatic rings. The second kappa shape index (κ2) is 13.2. The molecule has 206 valence electrons. The number of hydrogen-bond donors (Lipinski definition) is 0. The van der Waals surface area contributed by atoms with E-state index in [9.17, 15) is 26.3 Å². The van der Waals surface area contributed by atoms with Gasteiger partial charge in [-0.3, -0.25) is 0 Å². The van der Waals surface area contributed by atoms with Crippen LogP contribution in [0.25, 0.3) is 17.0 Å². The van der Waals surface area contributed by atoms with Crippen LogP contribution < -0.4 is 0 Å². The molecular formula is C33H32F6. The van der Waals surface area contributed by atoms with E-state index in [1.54, 1.807) is 24.3 Å². The van der Waals surface area contributed by atoms with Crippen molar-refractivity contribution >= 4 is 5.83 Å². The highest BCUT2D eigenvalue weighted by atomic mass is 19.2. The number of aryl methyl sites for hydroxylation is 1. The predicted molar refractivity (Wildman–Crippen MR) is 144 cm³/mol. The predicted octanol–water partition coefficient (Wildman–Crippen LogP) is 10.8. The Morgan fingerprint density at radius 1 is 0.795 bits per heavy atom. The zero-order valence-electron chi connectivity index (χ0n) is 21.9. The Morgan fingerprint density at radius 2 is 1.44 bits per heavy atom. The SMILES string of the molecule is CCCC=CC(F)=C(F)c1ccc(-c2ccc(CCC3CCC(c4cc(F)c(F)c(F)c4)CC3)c(F)c2)cc1. The molecule has 4 rings (SSSR count). The summed E-state index contributed by atoms with van der Waals surface area (Å²) in [6.45, 7) is 1.95. The molecule has 0 saturated heterocycles. The van der Waals surface area contributed by atoms with Crippen LogP contribution in [0.4, 0.5) is 26.3 Å². The third kappa shape index (κ3) is 7.23. The van der Waals surface area contributed by atoms with E-state index in [4.69, 9.17) is 0 Å². The molecule has 3 aromatic carbocycles. The van der Waals surface area contributed by atoms with Crippen molar-refractivity contribution in [1.29, 1.82) is 0 Å². The van der Waals surface area contributed by atoms with Crippen molar-refractivity contribution in [2.45, 2.75) is 64.2 Å². The lowest BCUT2D eigenvalue weighted by Crippen LogP contribution is -2.15. The van der Waals surface area contributed by atoms with E-state index in [0.29, 0.717) is 41.0 Å². The quantitative estimate of drug-likeness (QED) is 0.143. The average Bonchev–Trinajstić information content (AvgIpc) is 2.95. The van der Waals surface area contributed by atoms with Crippen LogP contribution in [0.2, 0.25) is 0 Å². The van der Waals surface area contributed by atoms with Gasteiger partial charge < -0.3 is 0 Å². The first-order valence-corrected chi connectivity index (χ1v) is 13.5. The molecule has 3 aromatic rings. The third-order valence-corrected chi connectivity index (χ3v) is 7.60. The van der Waals surface area contributed by atoms with Crippen LogP contribution in [0.15, 0.2) is 72.6 Å². The second-order valence-corrected chi connectivity index (χ2v) is 10.3. The summed E-state index contributed by atoms with van der Waals surface area (Å²) in [5.41, 5.74) is 2.57. The van der Waals surface area contributed by atoms with E-state index in [0.717, 1.165) is 56.7 Å². The molecule has 1 aliphatic carbocycles. The minimum atomic E-state index is -1.44. The van der Waals surface area contributed by atoms with Crippen molar-refractivity contribution in [3.8, 4) is 11.1 Å². The van der Waals surface area contributed by atoms with Gasteiger partial charge in [0.25, 0.3) is 0 Å². The molecule has 39 heavy (non-hydrogen) atoms. The van der Waals surface area contributed by atoms with Crippen LogP contribution in [-0.4, -0.2) is 0 Å². The molecule has 0 bridgehead atoms. The van der Waals surface area contributed by atoms with E-state index >= 15 is 0 Å². The molecule has 0 nitrogen and oxygen atoms in total. The van der Waals surface area contributed by atoms with Gasteiger partial charge in [0.1, 0.15) is 5.82 Å². The first kappa shape index (κ1) is 28.7. The largest absolute Gasteiger partial charge is 0.207 e. The van der Waals surface area contributed by atoms with Gasteiger partial charge in [-0.05, 0) is 103 Å². The van der Waals surface area contributed by atoms with E-state index in [2.05, 4.69) is 0 Å². The molecule has 1 fully saturated rings. The first-order valence-electron chi connectivity index (χ1n) is 13.5. The van der Waals surface area contributed by atoms with Crippen molar-refractivity contribution in [3.05, 3.63) is 113 Å². The fourth-order valence-corrected chi connectivity index (χ4v) is 5.26. The maximum atomic E-state index is 14.9. The third-order valence-electron chi connectivity index (χ3n) is 7.60. The Morgan fingerprint density at radius 3 is 2.05 bits per heavy atom. The molecule has 0 atom stereocenters. The zero-order chi connectivity index (χ0) is 27.9. The fourth-order valence-electron chi connectivity index (χ4n) is 5.26. The Kier molecular flexibility index (Phi) is 9.71. The Balaban J connectivity index is 1.33. The first-order chi connectivity index (χ1) is 18.8. The molecule has 0 spiro atoms. The number of rotatable bonds is 9. The van der Waals surface area contributed by atoms with Gasteiger partial charge in [0.15, 0.2) is 29.1 Å². The molecule has 0 heterocycles.